The molecule has 6 aromatic rings. The van der Waals surface area contributed by atoms with Gasteiger partial charge in [-0.3, -0.25) is 0 Å². The molecule has 0 unspecified atom stereocenters. The smallest absolute Gasteiger partial charge is 0.262 e. The van der Waals surface area contributed by atoms with Crippen LogP contribution in [0.3, 0.4) is 0 Å². The minimum atomic E-state index is 0.936. The van der Waals surface area contributed by atoms with Crippen LogP contribution in [0.15, 0.2) is 84.9 Å². The van der Waals surface area contributed by atoms with Gasteiger partial charge in [-0.15, -0.1) is 0 Å². The molecule has 0 aliphatic carbocycles. The summed E-state index contributed by atoms with van der Waals surface area (Å²) in [5, 5.41) is 2.59. The maximum absolute atomic E-state index is 2.52. The highest BCUT2D eigenvalue weighted by Crippen LogP contribution is 2.39. The van der Waals surface area contributed by atoms with Gasteiger partial charge >= 0.3 is 0 Å². The van der Waals surface area contributed by atoms with Crippen molar-refractivity contribution in [3.05, 3.63) is 117 Å². The lowest BCUT2D eigenvalue weighted by Crippen LogP contribution is -2.46. The molecule has 2 aliphatic heterocycles. The molecule has 0 fully saturated rings. The first-order valence-corrected chi connectivity index (χ1v) is 16.8. The highest BCUT2D eigenvalue weighted by Gasteiger charge is 2.29. The number of rotatable bonds is 6. The SMILES string of the molecule is CC[n+]1c(/C=C/c2ccc3c(c2)CN2CN3Cc3cc(/C=C/c4sc5ccccc5[n+]4CC)ccc32)sc2ccccc21. The van der Waals surface area contributed by atoms with Gasteiger partial charge in [-0.1, -0.05) is 59.1 Å². The second kappa shape index (κ2) is 10.8. The summed E-state index contributed by atoms with van der Waals surface area (Å²) in [5.41, 5.74) is 10.7. The van der Waals surface area contributed by atoms with Crippen molar-refractivity contribution in [2.75, 3.05) is 16.5 Å². The summed E-state index contributed by atoms with van der Waals surface area (Å²) in [4.78, 5) is 5.05. The number of benzene rings is 4. The molecule has 212 valence electrons. The largest absolute Gasteiger partial charge is 0.349 e. The highest BCUT2D eigenvalue weighted by atomic mass is 32.1. The van der Waals surface area contributed by atoms with Crippen LogP contribution >= 0.6 is 22.7 Å². The van der Waals surface area contributed by atoms with E-state index in [1.165, 1.54) is 64.1 Å². The summed E-state index contributed by atoms with van der Waals surface area (Å²) in [7, 11) is 0. The average Bonchev–Trinajstić information content (AvgIpc) is 3.59. The number of fused-ring (bicyclic) bond motifs is 8. The Labute approximate surface area is 260 Å². The number of thiazole rings is 2. The van der Waals surface area contributed by atoms with E-state index in [9.17, 15) is 0 Å². The monoisotopic (exact) mass is 598 g/mol. The van der Waals surface area contributed by atoms with Crippen molar-refractivity contribution in [2.45, 2.75) is 40.0 Å². The molecule has 0 radical (unpaired) electrons. The Hall–Kier alpha value is -4.26. The molecule has 6 heteroatoms. The van der Waals surface area contributed by atoms with Gasteiger partial charge in [-0.2, -0.15) is 9.13 Å². The number of aromatic nitrogens is 2. The van der Waals surface area contributed by atoms with E-state index in [4.69, 9.17) is 0 Å². The van der Waals surface area contributed by atoms with Crippen LogP contribution in [-0.2, 0) is 26.2 Å². The van der Waals surface area contributed by atoms with E-state index in [1.54, 1.807) is 0 Å². The topological polar surface area (TPSA) is 14.2 Å². The summed E-state index contributed by atoms with van der Waals surface area (Å²) in [5.74, 6) is 0. The minimum Gasteiger partial charge on any atom is -0.349 e. The molecule has 0 spiro atoms. The van der Waals surface area contributed by atoms with E-state index < -0.39 is 0 Å². The van der Waals surface area contributed by atoms with Gasteiger partial charge in [-0.05, 0) is 84.7 Å². The molecule has 0 N–H and O–H groups in total. The van der Waals surface area contributed by atoms with Crippen LogP contribution in [0.25, 0.3) is 44.7 Å². The van der Waals surface area contributed by atoms with Gasteiger partial charge in [0.05, 0.1) is 6.67 Å². The third-order valence-corrected chi connectivity index (χ3v) is 11.0. The lowest BCUT2D eigenvalue weighted by Gasteiger charge is -2.45. The van der Waals surface area contributed by atoms with Crippen molar-refractivity contribution in [3.63, 3.8) is 0 Å². The summed E-state index contributed by atoms with van der Waals surface area (Å²) in [6.07, 6.45) is 9.12. The van der Waals surface area contributed by atoms with Gasteiger partial charge < -0.3 is 9.80 Å². The third kappa shape index (κ3) is 4.66. The average molecular weight is 599 g/mol. The first kappa shape index (κ1) is 26.4. The quantitative estimate of drug-likeness (QED) is 0.179. The standard InChI is InChI=1S/C37H34N4S2/c1-3-40-32-9-5-7-11-34(32)42-36(40)19-15-26-13-17-30-28(21-26)23-38-25-39(30)24-29-22-27(14-18-31(29)38)16-20-37-41(4-2)33-10-6-8-12-35(33)43-37/h5-22H,3-4,23-25H2,1-2H3/q+2. The van der Waals surface area contributed by atoms with E-state index in [-0.39, 0.29) is 0 Å². The van der Waals surface area contributed by atoms with Crippen LogP contribution in [0.1, 0.15) is 46.1 Å². The number of para-hydroxylation sites is 2. The van der Waals surface area contributed by atoms with E-state index in [1.807, 2.05) is 22.7 Å². The van der Waals surface area contributed by atoms with Gasteiger partial charge in [0.25, 0.3) is 10.0 Å². The molecule has 2 aromatic heterocycles. The number of hydrogen-bond donors (Lipinski definition) is 0. The third-order valence-electron chi connectivity index (χ3n) is 8.69. The Kier molecular flexibility index (Phi) is 6.61. The van der Waals surface area contributed by atoms with Gasteiger partial charge in [-0.25, -0.2) is 0 Å². The van der Waals surface area contributed by atoms with E-state index >= 15 is 0 Å². The molecule has 0 amide bonds. The molecule has 4 nitrogen and oxygen atoms in total. The zero-order valence-corrected chi connectivity index (χ0v) is 26.2. The second-order valence-electron chi connectivity index (χ2n) is 11.3. The van der Waals surface area contributed by atoms with Crippen LogP contribution in [0, 0.1) is 0 Å². The minimum absolute atomic E-state index is 0.936. The van der Waals surface area contributed by atoms with E-state index in [2.05, 4.69) is 142 Å². The lowest BCUT2D eigenvalue weighted by atomic mass is 9.98. The molecule has 8 rings (SSSR count). The Morgan fingerprint density at radius 2 is 1.07 bits per heavy atom. The Balaban J connectivity index is 1.04. The molecule has 4 heterocycles. The van der Waals surface area contributed by atoms with Gasteiger partial charge in [0.15, 0.2) is 0 Å². The fourth-order valence-corrected chi connectivity index (χ4v) is 8.93. The molecule has 2 bridgehead atoms. The second-order valence-corrected chi connectivity index (χ2v) is 13.4. The fraction of sp³-hybridized carbons (Fsp3) is 0.189. The zero-order valence-electron chi connectivity index (χ0n) is 24.5. The number of aryl methyl sites for hydroxylation is 2. The maximum Gasteiger partial charge on any atom is 0.262 e. The molecular formula is C37H34N4S2+2. The summed E-state index contributed by atoms with van der Waals surface area (Å²) in [6, 6.07) is 31.3. The maximum atomic E-state index is 2.52. The van der Waals surface area contributed by atoms with E-state index in [0.29, 0.717) is 0 Å². The first-order chi connectivity index (χ1) is 21.2. The van der Waals surface area contributed by atoms with Gasteiger partial charge in [0, 0.05) is 48.7 Å². The van der Waals surface area contributed by atoms with Crippen LogP contribution in [0.4, 0.5) is 11.4 Å². The van der Waals surface area contributed by atoms with Crippen molar-refractivity contribution >= 4 is 78.8 Å². The van der Waals surface area contributed by atoms with Gasteiger partial charge in [0.2, 0.25) is 11.0 Å². The molecular weight excluding hydrogens is 565 g/mol. The first-order valence-electron chi connectivity index (χ1n) is 15.1. The van der Waals surface area contributed by atoms with Gasteiger partial charge in [0.1, 0.15) is 22.5 Å². The predicted octanol–water partition coefficient (Wildman–Crippen LogP) is 8.37. The molecule has 2 aliphatic rings. The predicted molar refractivity (Wildman–Crippen MR) is 183 cm³/mol. The van der Waals surface area contributed by atoms with E-state index in [0.717, 1.165) is 32.8 Å². The number of nitrogens with zero attached hydrogens (tertiary/aromatic N) is 4. The molecule has 43 heavy (non-hydrogen) atoms. The van der Waals surface area contributed by atoms with Crippen LogP contribution in [0.5, 0.6) is 0 Å². The normalized spacial score (nSPS) is 14.4. The van der Waals surface area contributed by atoms with Crippen LogP contribution < -0.4 is 18.9 Å². The molecule has 0 saturated carbocycles. The van der Waals surface area contributed by atoms with Crippen molar-refractivity contribution in [2.24, 2.45) is 0 Å². The highest BCUT2D eigenvalue weighted by molar-refractivity contribution is 7.19. The van der Waals surface area contributed by atoms with Crippen LogP contribution in [-0.4, -0.2) is 6.67 Å². The molecule has 0 atom stereocenters. The van der Waals surface area contributed by atoms with Crippen molar-refractivity contribution in [1.82, 2.24) is 0 Å². The zero-order chi connectivity index (χ0) is 28.9. The summed E-state index contributed by atoms with van der Waals surface area (Å²) in [6.45, 7) is 9.21. The lowest BCUT2D eigenvalue weighted by molar-refractivity contribution is -0.665. The number of hydrogen-bond acceptors (Lipinski definition) is 4. The van der Waals surface area contributed by atoms with Crippen molar-refractivity contribution in [1.29, 1.82) is 0 Å². The Bertz CT molecular complexity index is 1920. The summed E-state index contributed by atoms with van der Waals surface area (Å²) < 4.78 is 7.48. The van der Waals surface area contributed by atoms with Crippen molar-refractivity contribution in [3.8, 4) is 0 Å². The van der Waals surface area contributed by atoms with Crippen LogP contribution in [0.2, 0.25) is 0 Å². The summed E-state index contributed by atoms with van der Waals surface area (Å²) >= 11 is 3.72. The molecule has 0 saturated heterocycles. The molecule has 4 aromatic carbocycles. The Morgan fingerprint density at radius 1 is 0.605 bits per heavy atom. The Morgan fingerprint density at radius 3 is 1.53 bits per heavy atom. The fourth-order valence-electron chi connectivity index (χ4n) is 6.67. The van der Waals surface area contributed by atoms with Crippen molar-refractivity contribution < 1.29 is 9.13 Å². The number of anilines is 2.